The molecule has 26 heavy (non-hydrogen) atoms. The van der Waals surface area contributed by atoms with Gasteiger partial charge in [-0.15, -0.1) is 0 Å². The molecule has 0 atom stereocenters. The monoisotopic (exact) mass is 395 g/mol. The zero-order valence-corrected chi connectivity index (χ0v) is 16.6. The van der Waals surface area contributed by atoms with Crippen LogP contribution in [0.1, 0.15) is 17.7 Å². The number of carbonyl (C=O) groups is 1. The van der Waals surface area contributed by atoms with Crippen molar-refractivity contribution in [3.63, 3.8) is 0 Å². The first kappa shape index (κ1) is 18.8. The maximum Gasteiger partial charge on any atom is 0.307 e. The molecule has 1 aliphatic heterocycles. The summed E-state index contributed by atoms with van der Waals surface area (Å²) < 4.78 is 27.3. The molecule has 0 spiro atoms. The van der Waals surface area contributed by atoms with E-state index in [1.807, 2.05) is 0 Å². The normalized spacial score (nSPS) is 14.5. The fourth-order valence-electron chi connectivity index (χ4n) is 3.02. The van der Waals surface area contributed by atoms with Gasteiger partial charge in [0.2, 0.25) is 15.9 Å². The number of fused-ring (bicyclic) bond motifs is 1. The van der Waals surface area contributed by atoms with Crippen LogP contribution in [0.25, 0.3) is 0 Å². The number of amides is 1. The fourth-order valence-corrected chi connectivity index (χ4v) is 4.71. The SMILES string of the molecule is Cc1csc(=O)n1CC(=O)N1CCCc2cc(S(=O)(=O)N(C)C)ccc21. The molecule has 0 saturated carbocycles. The smallest absolute Gasteiger partial charge is 0.307 e. The number of carbonyl (C=O) groups excluding carboxylic acids is 1. The van der Waals surface area contributed by atoms with E-state index in [9.17, 15) is 18.0 Å². The van der Waals surface area contributed by atoms with Crippen molar-refractivity contribution in [1.82, 2.24) is 8.87 Å². The maximum absolute atomic E-state index is 12.8. The summed E-state index contributed by atoms with van der Waals surface area (Å²) in [6.07, 6.45) is 1.47. The molecule has 0 fully saturated rings. The number of hydrogen-bond donors (Lipinski definition) is 0. The average Bonchev–Trinajstić information content (AvgIpc) is 2.92. The highest BCUT2D eigenvalue weighted by atomic mass is 32.2. The van der Waals surface area contributed by atoms with Gasteiger partial charge in [-0.05, 0) is 43.5 Å². The summed E-state index contributed by atoms with van der Waals surface area (Å²) >= 11 is 1.08. The van der Waals surface area contributed by atoms with Crippen LogP contribution in [0.4, 0.5) is 5.69 Å². The molecular weight excluding hydrogens is 374 g/mol. The number of hydrogen-bond acceptors (Lipinski definition) is 5. The number of aryl methyl sites for hydroxylation is 2. The second-order valence-electron chi connectivity index (χ2n) is 6.46. The molecule has 0 radical (unpaired) electrons. The number of nitrogens with zero attached hydrogens (tertiary/aromatic N) is 3. The first-order chi connectivity index (χ1) is 12.2. The van der Waals surface area contributed by atoms with Gasteiger partial charge < -0.3 is 4.90 Å². The summed E-state index contributed by atoms with van der Waals surface area (Å²) in [7, 11) is -0.531. The van der Waals surface area contributed by atoms with E-state index in [0.717, 1.165) is 34.7 Å². The lowest BCUT2D eigenvalue weighted by atomic mass is 10.0. The second-order valence-corrected chi connectivity index (χ2v) is 9.43. The summed E-state index contributed by atoms with van der Waals surface area (Å²) in [6.45, 7) is 2.35. The minimum Gasteiger partial charge on any atom is -0.311 e. The van der Waals surface area contributed by atoms with Gasteiger partial charge in [-0.25, -0.2) is 12.7 Å². The third-order valence-corrected chi connectivity index (χ3v) is 7.21. The lowest BCUT2D eigenvalue weighted by Crippen LogP contribution is -2.39. The van der Waals surface area contributed by atoms with Crippen molar-refractivity contribution in [2.75, 3.05) is 25.5 Å². The Hall–Kier alpha value is -1.97. The Balaban J connectivity index is 1.92. The van der Waals surface area contributed by atoms with E-state index in [0.29, 0.717) is 13.0 Å². The van der Waals surface area contributed by atoms with Crippen LogP contribution in [0, 0.1) is 6.92 Å². The highest BCUT2D eigenvalue weighted by Gasteiger charge is 2.26. The van der Waals surface area contributed by atoms with Crippen LogP contribution in [0.15, 0.2) is 33.3 Å². The quantitative estimate of drug-likeness (QED) is 0.785. The Labute approximate surface area is 156 Å². The molecule has 0 saturated heterocycles. The van der Waals surface area contributed by atoms with E-state index < -0.39 is 10.0 Å². The Morgan fingerprint density at radius 1 is 1.31 bits per heavy atom. The van der Waals surface area contributed by atoms with E-state index in [4.69, 9.17) is 0 Å². The number of rotatable bonds is 4. The molecule has 7 nitrogen and oxygen atoms in total. The molecule has 0 bridgehead atoms. The molecule has 0 N–H and O–H groups in total. The van der Waals surface area contributed by atoms with E-state index in [-0.39, 0.29) is 22.2 Å². The number of benzene rings is 1. The summed E-state index contributed by atoms with van der Waals surface area (Å²) in [5.74, 6) is -0.169. The van der Waals surface area contributed by atoms with Crippen LogP contribution in [0.5, 0.6) is 0 Å². The maximum atomic E-state index is 12.8. The molecule has 0 unspecified atom stereocenters. The minimum atomic E-state index is -3.51. The molecule has 0 aliphatic carbocycles. The van der Waals surface area contributed by atoms with Gasteiger partial charge in [0.05, 0.1) is 4.90 Å². The van der Waals surface area contributed by atoms with Crippen molar-refractivity contribution in [1.29, 1.82) is 0 Å². The Bertz CT molecular complexity index is 1010. The molecule has 9 heteroatoms. The van der Waals surface area contributed by atoms with Gasteiger partial charge in [-0.2, -0.15) is 0 Å². The van der Waals surface area contributed by atoms with Gasteiger partial charge in [0.1, 0.15) is 6.54 Å². The zero-order valence-electron chi connectivity index (χ0n) is 14.9. The second kappa shape index (κ2) is 6.98. The zero-order chi connectivity index (χ0) is 19.1. The molecular formula is C17H21N3O4S2. The molecule has 2 heterocycles. The first-order valence-electron chi connectivity index (χ1n) is 8.22. The van der Waals surface area contributed by atoms with E-state index in [2.05, 4.69) is 0 Å². The van der Waals surface area contributed by atoms with E-state index in [1.165, 1.54) is 29.0 Å². The van der Waals surface area contributed by atoms with Crippen LogP contribution in [-0.2, 0) is 27.8 Å². The summed E-state index contributed by atoms with van der Waals surface area (Å²) in [6, 6.07) is 4.86. The molecule has 140 valence electrons. The first-order valence-corrected chi connectivity index (χ1v) is 10.5. The van der Waals surface area contributed by atoms with Gasteiger partial charge in [-0.1, -0.05) is 11.3 Å². The number of sulfonamides is 1. The van der Waals surface area contributed by atoms with Crippen molar-refractivity contribution in [2.24, 2.45) is 0 Å². The van der Waals surface area contributed by atoms with Crippen LogP contribution in [-0.4, -0.2) is 43.8 Å². The van der Waals surface area contributed by atoms with Crippen molar-refractivity contribution in [3.8, 4) is 0 Å². The van der Waals surface area contributed by atoms with Crippen molar-refractivity contribution >= 4 is 33.0 Å². The van der Waals surface area contributed by atoms with Gasteiger partial charge in [0.15, 0.2) is 0 Å². The molecule has 1 aromatic carbocycles. The summed E-state index contributed by atoms with van der Waals surface area (Å²) in [5.41, 5.74) is 2.32. The Kier molecular flexibility index (Phi) is 5.05. The minimum absolute atomic E-state index is 0.00858. The van der Waals surface area contributed by atoms with Crippen LogP contribution >= 0.6 is 11.3 Å². The molecule has 3 rings (SSSR count). The van der Waals surface area contributed by atoms with Crippen LogP contribution in [0.2, 0.25) is 0 Å². The largest absolute Gasteiger partial charge is 0.311 e. The predicted octanol–water partition coefficient (Wildman–Crippen LogP) is 1.45. The van der Waals surface area contributed by atoms with E-state index >= 15 is 0 Å². The summed E-state index contributed by atoms with van der Waals surface area (Å²) in [5, 5.41) is 1.73. The highest BCUT2D eigenvalue weighted by molar-refractivity contribution is 7.89. The molecule has 1 aliphatic rings. The number of aromatic nitrogens is 1. The topological polar surface area (TPSA) is 79.7 Å². The van der Waals surface area contributed by atoms with Crippen molar-refractivity contribution < 1.29 is 13.2 Å². The average molecular weight is 396 g/mol. The predicted molar refractivity (Wildman–Crippen MR) is 101 cm³/mol. The fraction of sp³-hybridized carbons (Fsp3) is 0.412. The van der Waals surface area contributed by atoms with Gasteiger partial charge >= 0.3 is 4.87 Å². The summed E-state index contributed by atoms with van der Waals surface area (Å²) in [4.78, 5) is 26.3. The van der Waals surface area contributed by atoms with Gasteiger partial charge in [0.25, 0.3) is 0 Å². The number of anilines is 1. The van der Waals surface area contributed by atoms with Crippen molar-refractivity contribution in [3.05, 3.63) is 44.5 Å². The van der Waals surface area contributed by atoms with E-state index in [1.54, 1.807) is 29.3 Å². The third kappa shape index (κ3) is 3.34. The lowest BCUT2D eigenvalue weighted by Gasteiger charge is -2.30. The third-order valence-electron chi connectivity index (χ3n) is 4.52. The molecule has 1 amide bonds. The lowest BCUT2D eigenvalue weighted by molar-refractivity contribution is -0.119. The Morgan fingerprint density at radius 3 is 2.65 bits per heavy atom. The number of thiazole rings is 1. The molecule has 1 aromatic heterocycles. The van der Waals surface area contributed by atoms with Gasteiger partial charge in [-0.3, -0.25) is 14.2 Å². The Morgan fingerprint density at radius 2 is 2.04 bits per heavy atom. The highest BCUT2D eigenvalue weighted by Crippen LogP contribution is 2.30. The molecule has 2 aromatic rings. The van der Waals surface area contributed by atoms with Crippen LogP contribution in [0.3, 0.4) is 0 Å². The standard InChI is InChI=1S/C17H21N3O4S2/c1-12-11-25-17(22)20(12)10-16(21)19-8-4-5-13-9-14(6-7-15(13)19)26(23,24)18(2)3/h6-7,9,11H,4-5,8,10H2,1-3H3. The van der Waals surface area contributed by atoms with Gasteiger partial charge in [0, 0.05) is 37.4 Å². The van der Waals surface area contributed by atoms with Crippen molar-refractivity contribution in [2.45, 2.75) is 31.2 Å². The van der Waals surface area contributed by atoms with Crippen LogP contribution < -0.4 is 9.77 Å².